The third kappa shape index (κ3) is 5.95. The normalized spacial score (nSPS) is 14.2. The van der Waals surface area contributed by atoms with Crippen molar-refractivity contribution in [3.8, 4) is 0 Å². The van der Waals surface area contributed by atoms with Crippen molar-refractivity contribution < 1.29 is 22.4 Å². The van der Waals surface area contributed by atoms with Gasteiger partial charge in [0.25, 0.3) is 0 Å². The van der Waals surface area contributed by atoms with Gasteiger partial charge in [-0.05, 0) is 53.1 Å². The first-order chi connectivity index (χ1) is 18.6. The van der Waals surface area contributed by atoms with Crippen molar-refractivity contribution in [2.24, 2.45) is 0 Å². The summed E-state index contributed by atoms with van der Waals surface area (Å²) >= 11 is 11.8. The van der Waals surface area contributed by atoms with Crippen LogP contribution in [0.2, 0.25) is 10.2 Å². The maximum Gasteiger partial charge on any atom is 0.416 e. The van der Waals surface area contributed by atoms with Gasteiger partial charge in [-0.3, -0.25) is 9.47 Å². The number of rotatable bonds is 5. The van der Waals surface area contributed by atoms with E-state index in [2.05, 4.69) is 10.3 Å². The van der Waals surface area contributed by atoms with Crippen LogP contribution in [-0.2, 0) is 25.7 Å². The zero-order chi connectivity index (χ0) is 27.7. The molecule has 202 valence electrons. The second kappa shape index (κ2) is 11.0. The van der Waals surface area contributed by atoms with Gasteiger partial charge in [-0.1, -0.05) is 47.5 Å². The molecule has 1 aliphatic rings. The molecule has 0 bridgehead atoms. The Balaban J connectivity index is 1.47. The molecule has 3 heterocycles. The molecule has 0 radical (unpaired) electrons. The van der Waals surface area contributed by atoms with Gasteiger partial charge < -0.3 is 5.32 Å². The van der Waals surface area contributed by atoms with Crippen LogP contribution in [0, 0.1) is 5.82 Å². The Labute approximate surface area is 231 Å². The first-order valence-corrected chi connectivity index (χ1v) is 12.8. The molecular weight excluding hydrogens is 555 g/mol. The SMILES string of the molecule is O=C(NCc1ccnc(Cl)c1)n1c2c(c3c(F)cc(C(F)(F)F)cc31)CN(CC=Cc1ccc(Cl)cc1)CC2. The second-order valence-corrected chi connectivity index (χ2v) is 10.0. The van der Waals surface area contributed by atoms with Gasteiger partial charge in [-0.15, -0.1) is 0 Å². The minimum absolute atomic E-state index is 0.0199. The number of alkyl halides is 3. The minimum Gasteiger partial charge on any atom is -0.333 e. The predicted octanol–water partition coefficient (Wildman–Crippen LogP) is 7.33. The average Bonchev–Trinajstić information content (AvgIpc) is 3.22. The molecule has 1 N–H and O–H groups in total. The van der Waals surface area contributed by atoms with Gasteiger partial charge in [0.1, 0.15) is 11.0 Å². The van der Waals surface area contributed by atoms with E-state index in [-0.39, 0.29) is 29.1 Å². The van der Waals surface area contributed by atoms with Gasteiger partial charge in [0.2, 0.25) is 0 Å². The standard InChI is InChI=1S/C28H22Cl2F4N4O/c29-20-5-3-17(4-6-20)2-1-10-37-11-8-23-21(16-37)26-22(31)13-19(28(32,33)34)14-24(26)38(23)27(39)36-15-18-7-9-35-25(30)12-18/h1-7,9,12-14H,8,10-11,15-16H2,(H,36,39). The fourth-order valence-electron chi connectivity index (χ4n) is 4.76. The number of hydrogen-bond acceptors (Lipinski definition) is 3. The molecule has 2 aromatic heterocycles. The molecule has 1 amide bonds. The van der Waals surface area contributed by atoms with Crippen molar-refractivity contribution in [2.75, 3.05) is 13.1 Å². The lowest BCUT2D eigenvalue weighted by Gasteiger charge is -2.27. The zero-order valence-corrected chi connectivity index (χ0v) is 21.9. The largest absolute Gasteiger partial charge is 0.416 e. The van der Waals surface area contributed by atoms with Gasteiger partial charge >= 0.3 is 12.2 Å². The van der Waals surface area contributed by atoms with Gasteiger partial charge in [0.05, 0.1) is 11.1 Å². The third-order valence-corrected chi connectivity index (χ3v) is 7.04. The lowest BCUT2D eigenvalue weighted by atomic mass is 10.0. The van der Waals surface area contributed by atoms with E-state index in [1.165, 1.54) is 10.8 Å². The Morgan fingerprint density at radius 2 is 1.87 bits per heavy atom. The number of amides is 1. The van der Waals surface area contributed by atoms with E-state index >= 15 is 4.39 Å². The molecule has 0 spiro atoms. The summed E-state index contributed by atoms with van der Waals surface area (Å²) in [7, 11) is 0. The Morgan fingerprint density at radius 3 is 2.59 bits per heavy atom. The van der Waals surface area contributed by atoms with Crippen molar-refractivity contribution in [1.82, 2.24) is 19.8 Å². The summed E-state index contributed by atoms with van der Waals surface area (Å²) in [5, 5.41) is 3.61. The number of benzene rings is 2. The summed E-state index contributed by atoms with van der Waals surface area (Å²) in [6.07, 6.45) is 0.960. The summed E-state index contributed by atoms with van der Waals surface area (Å²) < 4.78 is 57.1. The number of nitrogens with zero attached hydrogens (tertiary/aromatic N) is 3. The number of carbonyl (C=O) groups excluding carboxylic acids is 1. The van der Waals surface area contributed by atoms with Crippen molar-refractivity contribution >= 4 is 46.2 Å². The first-order valence-electron chi connectivity index (χ1n) is 12.1. The van der Waals surface area contributed by atoms with Crippen LogP contribution < -0.4 is 5.32 Å². The molecule has 0 saturated carbocycles. The molecule has 2 aromatic carbocycles. The summed E-state index contributed by atoms with van der Waals surface area (Å²) in [6.45, 7) is 1.42. The number of fused-ring (bicyclic) bond motifs is 3. The molecule has 0 saturated heterocycles. The molecule has 0 atom stereocenters. The maximum atomic E-state index is 15.3. The first kappa shape index (κ1) is 27.2. The number of hydrogen-bond donors (Lipinski definition) is 1. The molecule has 4 aromatic rings. The number of aromatic nitrogens is 2. The van der Waals surface area contributed by atoms with Crippen LogP contribution in [-0.4, -0.2) is 33.6 Å². The summed E-state index contributed by atoms with van der Waals surface area (Å²) in [4.78, 5) is 19.3. The van der Waals surface area contributed by atoms with Crippen LogP contribution >= 0.6 is 23.2 Å². The Hall–Kier alpha value is -3.40. The fourth-order valence-corrected chi connectivity index (χ4v) is 5.09. The maximum absolute atomic E-state index is 15.3. The highest BCUT2D eigenvalue weighted by Crippen LogP contribution is 2.38. The molecule has 0 aliphatic carbocycles. The number of pyridine rings is 1. The molecule has 0 unspecified atom stereocenters. The van der Waals surface area contributed by atoms with E-state index in [9.17, 15) is 18.0 Å². The minimum atomic E-state index is -4.77. The Bertz CT molecular complexity index is 1560. The molecule has 39 heavy (non-hydrogen) atoms. The van der Waals surface area contributed by atoms with Gasteiger partial charge in [0, 0.05) is 54.9 Å². The quantitative estimate of drug-likeness (QED) is 0.200. The van der Waals surface area contributed by atoms with Gasteiger partial charge in [0.15, 0.2) is 0 Å². The molecule has 5 nitrogen and oxygen atoms in total. The highest BCUT2D eigenvalue weighted by atomic mass is 35.5. The second-order valence-electron chi connectivity index (χ2n) is 9.20. The van der Waals surface area contributed by atoms with E-state index in [0.29, 0.717) is 47.4 Å². The lowest BCUT2D eigenvalue weighted by molar-refractivity contribution is -0.137. The monoisotopic (exact) mass is 576 g/mol. The topological polar surface area (TPSA) is 50.2 Å². The van der Waals surface area contributed by atoms with Crippen molar-refractivity contribution in [2.45, 2.75) is 25.7 Å². The van der Waals surface area contributed by atoms with Crippen molar-refractivity contribution in [1.29, 1.82) is 0 Å². The summed E-state index contributed by atoms with van der Waals surface area (Å²) in [6, 6.07) is 11.2. The zero-order valence-electron chi connectivity index (χ0n) is 20.4. The summed E-state index contributed by atoms with van der Waals surface area (Å²) in [5.74, 6) is -1.01. The molecule has 0 fully saturated rings. The van der Waals surface area contributed by atoms with Gasteiger partial charge in [-0.25, -0.2) is 14.2 Å². The van der Waals surface area contributed by atoms with Crippen LogP contribution in [0.25, 0.3) is 17.0 Å². The van der Waals surface area contributed by atoms with Crippen molar-refractivity contribution in [3.63, 3.8) is 0 Å². The van der Waals surface area contributed by atoms with Crippen LogP contribution in [0.5, 0.6) is 0 Å². The number of halogens is 6. The highest BCUT2D eigenvalue weighted by molar-refractivity contribution is 6.30. The highest BCUT2D eigenvalue weighted by Gasteiger charge is 2.35. The number of nitrogens with one attached hydrogen (secondary N) is 1. The molecule has 1 aliphatic heterocycles. The van der Waals surface area contributed by atoms with Crippen LogP contribution in [0.1, 0.15) is 27.9 Å². The molecule has 11 heteroatoms. The van der Waals surface area contributed by atoms with E-state index in [4.69, 9.17) is 23.2 Å². The Morgan fingerprint density at radius 1 is 1.10 bits per heavy atom. The molecular formula is C28H22Cl2F4N4O. The van der Waals surface area contributed by atoms with Crippen LogP contribution in [0.4, 0.5) is 22.4 Å². The predicted molar refractivity (Wildman–Crippen MR) is 143 cm³/mol. The fraction of sp³-hybridized carbons (Fsp3) is 0.214. The van der Waals surface area contributed by atoms with E-state index < -0.39 is 23.6 Å². The van der Waals surface area contributed by atoms with E-state index in [1.807, 2.05) is 29.2 Å². The van der Waals surface area contributed by atoms with Crippen LogP contribution in [0.15, 0.2) is 60.8 Å². The smallest absolute Gasteiger partial charge is 0.333 e. The lowest BCUT2D eigenvalue weighted by Crippen LogP contribution is -2.34. The Kier molecular flexibility index (Phi) is 7.66. The third-order valence-electron chi connectivity index (χ3n) is 6.59. The van der Waals surface area contributed by atoms with E-state index in [1.54, 1.807) is 24.3 Å². The van der Waals surface area contributed by atoms with Gasteiger partial charge in [-0.2, -0.15) is 13.2 Å². The van der Waals surface area contributed by atoms with E-state index in [0.717, 1.165) is 11.6 Å². The average molecular weight is 577 g/mol. The summed E-state index contributed by atoms with van der Waals surface area (Å²) in [5.41, 5.74) is 1.35. The molecule has 5 rings (SSSR count). The van der Waals surface area contributed by atoms with Crippen molar-refractivity contribution in [3.05, 3.63) is 105 Å². The number of carbonyl (C=O) groups is 1. The van der Waals surface area contributed by atoms with Crippen LogP contribution in [0.3, 0.4) is 0 Å².